The highest BCUT2D eigenvalue weighted by Gasteiger charge is 2.21. The van der Waals surface area contributed by atoms with E-state index in [1.54, 1.807) is 11.3 Å². The van der Waals surface area contributed by atoms with E-state index in [0.717, 1.165) is 31.3 Å². The smallest absolute Gasteiger partial charge is 0.193 e. The van der Waals surface area contributed by atoms with E-state index in [1.807, 2.05) is 11.6 Å². The molecule has 1 aliphatic heterocycles. The van der Waals surface area contributed by atoms with Gasteiger partial charge in [-0.3, -0.25) is 9.47 Å². The van der Waals surface area contributed by atoms with E-state index in [2.05, 4.69) is 51.7 Å². The van der Waals surface area contributed by atoms with Crippen molar-refractivity contribution in [3.8, 4) is 5.13 Å². The second-order valence-corrected chi connectivity index (χ2v) is 6.12. The summed E-state index contributed by atoms with van der Waals surface area (Å²) >= 11 is 1.68. The summed E-state index contributed by atoms with van der Waals surface area (Å²) in [6, 6.07) is 4.94. The molecule has 0 radical (unpaired) electrons. The molecule has 0 aromatic carbocycles. The molecular weight excluding hydrogens is 256 g/mol. The van der Waals surface area contributed by atoms with Crippen molar-refractivity contribution in [3.63, 3.8) is 0 Å². The molecule has 1 saturated heterocycles. The molecule has 0 spiro atoms. The maximum atomic E-state index is 4.39. The van der Waals surface area contributed by atoms with Gasteiger partial charge in [-0.25, -0.2) is 4.98 Å². The van der Waals surface area contributed by atoms with Crippen LogP contribution in [0.1, 0.15) is 12.6 Å². The third-order valence-electron chi connectivity index (χ3n) is 3.89. The van der Waals surface area contributed by atoms with Gasteiger partial charge in [0, 0.05) is 55.7 Å². The van der Waals surface area contributed by atoms with Crippen molar-refractivity contribution in [2.45, 2.75) is 19.5 Å². The molecule has 0 saturated carbocycles. The van der Waals surface area contributed by atoms with Crippen LogP contribution in [0.3, 0.4) is 0 Å². The third kappa shape index (κ3) is 2.73. The lowest BCUT2D eigenvalue weighted by atomic mass is 10.2. The van der Waals surface area contributed by atoms with Gasteiger partial charge in [0.15, 0.2) is 5.13 Å². The number of rotatable bonds is 3. The molecule has 3 heterocycles. The average molecular weight is 276 g/mol. The minimum atomic E-state index is 0.636. The fourth-order valence-corrected chi connectivity index (χ4v) is 3.22. The maximum Gasteiger partial charge on any atom is 0.193 e. The molecule has 2 aromatic heterocycles. The van der Waals surface area contributed by atoms with Crippen LogP contribution in [-0.4, -0.2) is 52.1 Å². The molecule has 19 heavy (non-hydrogen) atoms. The molecule has 1 fully saturated rings. The zero-order valence-electron chi connectivity index (χ0n) is 11.5. The van der Waals surface area contributed by atoms with E-state index >= 15 is 0 Å². The van der Waals surface area contributed by atoms with Gasteiger partial charge in [0.25, 0.3) is 0 Å². The van der Waals surface area contributed by atoms with Gasteiger partial charge in [0.2, 0.25) is 0 Å². The summed E-state index contributed by atoms with van der Waals surface area (Å²) < 4.78 is 2.20. The fourth-order valence-electron chi connectivity index (χ4n) is 2.56. The summed E-state index contributed by atoms with van der Waals surface area (Å²) in [6.07, 6.45) is 3.97. The fraction of sp³-hybridized carbons (Fsp3) is 0.500. The van der Waals surface area contributed by atoms with Crippen LogP contribution >= 0.6 is 11.3 Å². The quantitative estimate of drug-likeness (QED) is 0.858. The molecule has 1 unspecified atom stereocenters. The van der Waals surface area contributed by atoms with Gasteiger partial charge < -0.3 is 4.90 Å². The van der Waals surface area contributed by atoms with Crippen molar-refractivity contribution in [1.29, 1.82) is 0 Å². The number of piperazine rings is 1. The van der Waals surface area contributed by atoms with E-state index in [4.69, 9.17) is 0 Å². The Kier molecular flexibility index (Phi) is 3.68. The van der Waals surface area contributed by atoms with Gasteiger partial charge in [-0.05, 0) is 26.1 Å². The molecule has 4 nitrogen and oxygen atoms in total. The SMILES string of the molecule is CC1CN(Cc2cccn2-c2nccs2)CCN1C. The number of hydrogen-bond acceptors (Lipinski definition) is 4. The Morgan fingerprint density at radius 1 is 1.42 bits per heavy atom. The van der Waals surface area contributed by atoms with Crippen molar-refractivity contribution in [1.82, 2.24) is 19.4 Å². The van der Waals surface area contributed by atoms with Crippen LogP contribution in [0.25, 0.3) is 5.13 Å². The highest BCUT2D eigenvalue weighted by atomic mass is 32.1. The highest BCUT2D eigenvalue weighted by molar-refractivity contribution is 7.12. The van der Waals surface area contributed by atoms with E-state index in [9.17, 15) is 0 Å². The van der Waals surface area contributed by atoms with Crippen molar-refractivity contribution in [2.24, 2.45) is 0 Å². The second kappa shape index (κ2) is 5.45. The van der Waals surface area contributed by atoms with Gasteiger partial charge in [-0.1, -0.05) is 0 Å². The molecule has 5 heteroatoms. The zero-order valence-corrected chi connectivity index (χ0v) is 12.3. The first-order chi connectivity index (χ1) is 9.24. The highest BCUT2D eigenvalue weighted by Crippen LogP contribution is 2.18. The summed E-state index contributed by atoms with van der Waals surface area (Å²) in [5, 5.41) is 3.08. The monoisotopic (exact) mass is 276 g/mol. The Bertz CT molecular complexity index is 519. The summed E-state index contributed by atoms with van der Waals surface area (Å²) in [7, 11) is 2.21. The number of thiazole rings is 1. The van der Waals surface area contributed by atoms with Crippen LogP contribution in [0.4, 0.5) is 0 Å². The molecule has 2 aromatic rings. The topological polar surface area (TPSA) is 24.3 Å². The molecule has 0 aliphatic carbocycles. The largest absolute Gasteiger partial charge is 0.301 e. The van der Waals surface area contributed by atoms with E-state index in [0.29, 0.717) is 6.04 Å². The number of hydrogen-bond donors (Lipinski definition) is 0. The molecular formula is C14H20N4S. The summed E-state index contributed by atoms with van der Waals surface area (Å²) in [5.74, 6) is 0. The predicted octanol–water partition coefficient (Wildman–Crippen LogP) is 2.07. The number of nitrogens with zero attached hydrogens (tertiary/aromatic N) is 4. The van der Waals surface area contributed by atoms with Crippen LogP contribution in [0.2, 0.25) is 0 Å². The van der Waals surface area contributed by atoms with E-state index < -0.39 is 0 Å². The van der Waals surface area contributed by atoms with Gasteiger partial charge in [-0.15, -0.1) is 11.3 Å². The Morgan fingerprint density at radius 3 is 3.05 bits per heavy atom. The Labute approximate surface area is 118 Å². The zero-order chi connectivity index (χ0) is 13.2. The van der Waals surface area contributed by atoms with Crippen LogP contribution in [0.15, 0.2) is 29.9 Å². The third-order valence-corrected chi connectivity index (χ3v) is 4.66. The number of likely N-dealkylation sites (N-methyl/N-ethyl adjacent to an activating group) is 1. The first-order valence-corrected chi connectivity index (χ1v) is 7.60. The van der Waals surface area contributed by atoms with Crippen molar-refractivity contribution in [3.05, 3.63) is 35.6 Å². The standard InChI is InChI=1S/C14H20N4S/c1-12-10-17(8-7-16(12)2)11-13-4-3-6-18(13)14-15-5-9-19-14/h3-6,9,12H,7-8,10-11H2,1-2H3. The van der Waals surface area contributed by atoms with Crippen LogP contribution in [-0.2, 0) is 6.54 Å². The molecule has 0 bridgehead atoms. The normalized spacial score (nSPS) is 21.9. The lowest BCUT2D eigenvalue weighted by Crippen LogP contribution is -2.49. The summed E-state index contributed by atoms with van der Waals surface area (Å²) in [6.45, 7) is 6.74. The van der Waals surface area contributed by atoms with Gasteiger partial charge >= 0.3 is 0 Å². The molecule has 3 rings (SSSR count). The number of aromatic nitrogens is 2. The molecule has 1 aliphatic rings. The van der Waals surface area contributed by atoms with Crippen molar-refractivity contribution >= 4 is 11.3 Å². The summed E-state index contributed by atoms with van der Waals surface area (Å²) in [4.78, 5) is 9.35. The second-order valence-electron chi connectivity index (χ2n) is 5.25. The minimum Gasteiger partial charge on any atom is -0.301 e. The van der Waals surface area contributed by atoms with E-state index in [1.165, 1.54) is 5.69 Å². The van der Waals surface area contributed by atoms with Crippen LogP contribution in [0.5, 0.6) is 0 Å². The first kappa shape index (κ1) is 12.8. The lowest BCUT2D eigenvalue weighted by molar-refractivity contribution is 0.0987. The van der Waals surface area contributed by atoms with Gasteiger partial charge in [0.05, 0.1) is 0 Å². The average Bonchev–Trinajstić information content (AvgIpc) is 3.04. The van der Waals surface area contributed by atoms with Gasteiger partial charge in [-0.2, -0.15) is 0 Å². The Balaban J connectivity index is 1.73. The molecule has 0 amide bonds. The Hall–Kier alpha value is -1.17. The van der Waals surface area contributed by atoms with Crippen molar-refractivity contribution in [2.75, 3.05) is 26.7 Å². The van der Waals surface area contributed by atoms with Gasteiger partial charge in [0.1, 0.15) is 0 Å². The van der Waals surface area contributed by atoms with E-state index in [-0.39, 0.29) is 0 Å². The first-order valence-electron chi connectivity index (χ1n) is 6.73. The maximum absolute atomic E-state index is 4.39. The molecule has 1 atom stereocenters. The predicted molar refractivity (Wildman–Crippen MR) is 78.8 cm³/mol. The van der Waals surface area contributed by atoms with Crippen LogP contribution in [0, 0.1) is 0 Å². The van der Waals surface area contributed by atoms with Crippen molar-refractivity contribution < 1.29 is 0 Å². The molecule has 102 valence electrons. The summed E-state index contributed by atoms with van der Waals surface area (Å²) in [5.41, 5.74) is 1.33. The minimum absolute atomic E-state index is 0.636. The van der Waals surface area contributed by atoms with Crippen LogP contribution < -0.4 is 0 Å². The lowest BCUT2D eigenvalue weighted by Gasteiger charge is -2.37. The Morgan fingerprint density at radius 2 is 2.32 bits per heavy atom. The molecule has 0 N–H and O–H groups in total.